The van der Waals surface area contributed by atoms with Crippen LogP contribution < -0.4 is 0 Å². The Morgan fingerprint density at radius 2 is 2.14 bits per heavy atom. The van der Waals surface area contributed by atoms with Crippen LogP contribution in [-0.2, 0) is 4.74 Å². The average Bonchev–Trinajstić information content (AvgIpc) is 2.99. The lowest BCUT2D eigenvalue weighted by atomic mass is 10.1. The monoisotopic (exact) mass is 304 g/mol. The second-order valence-corrected chi connectivity index (χ2v) is 6.56. The summed E-state index contributed by atoms with van der Waals surface area (Å²) in [5, 5.41) is 9.44. The smallest absolute Gasteiger partial charge is 0.408 e. The van der Waals surface area contributed by atoms with Crippen LogP contribution in [0.1, 0.15) is 39.1 Å². The lowest BCUT2D eigenvalue weighted by Gasteiger charge is -2.24. The van der Waals surface area contributed by atoms with E-state index in [1.54, 1.807) is 0 Å². The minimum Gasteiger partial charge on any atom is -0.465 e. The van der Waals surface area contributed by atoms with Crippen LogP contribution in [0.4, 0.5) is 4.79 Å². The minimum absolute atomic E-state index is 0.156. The molecule has 1 aromatic carbocycles. The van der Waals surface area contributed by atoms with Crippen LogP contribution in [-0.4, -0.2) is 39.3 Å². The van der Waals surface area contributed by atoms with Crippen LogP contribution in [0.2, 0.25) is 0 Å². The maximum Gasteiger partial charge on any atom is 0.408 e. The largest absolute Gasteiger partial charge is 0.465 e. The number of para-hydroxylation sites is 2. The number of oxazole rings is 1. The molecule has 1 aromatic heterocycles. The summed E-state index contributed by atoms with van der Waals surface area (Å²) in [6.45, 7) is 6.22. The normalized spacial score (nSPS) is 22.4. The number of ether oxygens (including phenoxy) is 1. The molecule has 2 heterocycles. The molecule has 0 aliphatic carbocycles. The topological polar surface area (TPSA) is 75.8 Å². The summed E-state index contributed by atoms with van der Waals surface area (Å²) in [5.74, 6) is 0.434. The van der Waals surface area contributed by atoms with Crippen LogP contribution >= 0.6 is 0 Å². The van der Waals surface area contributed by atoms with Crippen molar-refractivity contribution in [2.45, 2.75) is 44.9 Å². The van der Waals surface area contributed by atoms with Crippen LogP contribution in [0.3, 0.4) is 0 Å². The number of amides is 1. The second kappa shape index (κ2) is 5.28. The van der Waals surface area contributed by atoms with Gasteiger partial charge in [-0.1, -0.05) is 12.1 Å². The molecule has 0 bridgehead atoms. The molecule has 1 aliphatic heterocycles. The highest BCUT2D eigenvalue weighted by Crippen LogP contribution is 2.35. The lowest BCUT2D eigenvalue weighted by molar-refractivity contribution is -0.0536. The van der Waals surface area contributed by atoms with Gasteiger partial charge >= 0.3 is 6.09 Å². The molecule has 1 saturated heterocycles. The van der Waals surface area contributed by atoms with Crippen LogP contribution in [0.15, 0.2) is 28.7 Å². The van der Waals surface area contributed by atoms with Crippen molar-refractivity contribution in [3.8, 4) is 0 Å². The van der Waals surface area contributed by atoms with Gasteiger partial charge in [0.25, 0.3) is 0 Å². The van der Waals surface area contributed by atoms with E-state index in [0.717, 1.165) is 5.52 Å². The van der Waals surface area contributed by atoms with E-state index >= 15 is 0 Å². The average molecular weight is 304 g/mol. The number of hydrogen-bond acceptors (Lipinski definition) is 4. The Kier molecular flexibility index (Phi) is 3.56. The Labute approximate surface area is 128 Å². The van der Waals surface area contributed by atoms with E-state index in [1.807, 2.05) is 45.0 Å². The Balaban J connectivity index is 1.88. The van der Waals surface area contributed by atoms with Gasteiger partial charge in [0.05, 0.1) is 18.2 Å². The quantitative estimate of drug-likeness (QED) is 0.919. The summed E-state index contributed by atoms with van der Waals surface area (Å²) < 4.78 is 11.7. The van der Waals surface area contributed by atoms with E-state index in [9.17, 15) is 9.90 Å². The molecule has 3 rings (SSSR count). The van der Waals surface area contributed by atoms with Gasteiger partial charge in [-0.15, -0.1) is 0 Å². The maximum atomic E-state index is 11.5. The highest BCUT2D eigenvalue weighted by Gasteiger charge is 2.41. The van der Waals surface area contributed by atoms with E-state index < -0.39 is 12.1 Å². The predicted octanol–water partition coefficient (Wildman–Crippen LogP) is 3.44. The first-order valence-electron chi connectivity index (χ1n) is 7.36. The number of aromatic nitrogens is 1. The summed E-state index contributed by atoms with van der Waals surface area (Å²) in [4.78, 5) is 17.3. The van der Waals surface area contributed by atoms with Crippen molar-refractivity contribution in [1.29, 1.82) is 0 Å². The van der Waals surface area contributed by atoms with Gasteiger partial charge < -0.3 is 14.3 Å². The molecule has 6 heteroatoms. The van der Waals surface area contributed by atoms with Crippen molar-refractivity contribution in [3.63, 3.8) is 0 Å². The highest BCUT2D eigenvalue weighted by molar-refractivity contribution is 5.72. The van der Waals surface area contributed by atoms with Gasteiger partial charge in [0.15, 0.2) is 5.58 Å². The Morgan fingerprint density at radius 3 is 2.77 bits per heavy atom. The second-order valence-electron chi connectivity index (χ2n) is 6.56. The lowest BCUT2D eigenvalue weighted by Crippen LogP contribution is -2.33. The van der Waals surface area contributed by atoms with Crippen LogP contribution in [0.5, 0.6) is 0 Å². The zero-order valence-corrected chi connectivity index (χ0v) is 12.9. The predicted molar refractivity (Wildman–Crippen MR) is 80.7 cm³/mol. The third-order valence-corrected chi connectivity index (χ3v) is 3.62. The third kappa shape index (κ3) is 2.92. The fraction of sp³-hybridized carbons (Fsp3) is 0.500. The highest BCUT2D eigenvalue weighted by atomic mass is 16.5. The molecule has 2 aromatic rings. The zero-order valence-electron chi connectivity index (χ0n) is 12.9. The fourth-order valence-electron chi connectivity index (χ4n) is 2.86. The summed E-state index contributed by atoms with van der Waals surface area (Å²) >= 11 is 0. The summed E-state index contributed by atoms with van der Waals surface area (Å²) in [7, 11) is 0. The van der Waals surface area contributed by atoms with Crippen molar-refractivity contribution < 1.29 is 19.1 Å². The van der Waals surface area contributed by atoms with Crippen molar-refractivity contribution in [2.75, 3.05) is 6.54 Å². The molecule has 0 radical (unpaired) electrons. The molecule has 1 amide bonds. The number of likely N-dealkylation sites (tertiary alicyclic amines) is 1. The Hall–Kier alpha value is -2.08. The molecule has 2 atom stereocenters. The van der Waals surface area contributed by atoms with E-state index in [2.05, 4.69) is 4.98 Å². The Morgan fingerprint density at radius 1 is 1.41 bits per heavy atom. The SMILES string of the molecule is CC(C)(C)O[C@@H]1C[C@@H](c2nc3ccccc3o2)N(C(=O)O)C1. The molecular weight excluding hydrogens is 284 g/mol. The first-order valence-corrected chi connectivity index (χ1v) is 7.36. The van der Waals surface area contributed by atoms with Gasteiger partial charge in [-0.3, -0.25) is 4.90 Å². The number of rotatable bonds is 2. The molecular formula is C16H20N2O4. The molecule has 118 valence electrons. The molecule has 6 nitrogen and oxygen atoms in total. The van der Waals surface area contributed by atoms with Gasteiger partial charge in [-0.2, -0.15) is 0 Å². The van der Waals surface area contributed by atoms with E-state index in [4.69, 9.17) is 9.15 Å². The summed E-state index contributed by atoms with van der Waals surface area (Å²) in [5.41, 5.74) is 1.09. The molecule has 0 spiro atoms. The zero-order chi connectivity index (χ0) is 15.9. The molecule has 1 aliphatic rings. The third-order valence-electron chi connectivity index (χ3n) is 3.62. The minimum atomic E-state index is -0.979. The van der Waals surface area contributed by atoms with Crippen LogP contribution in [0.25, 0.3) is 11.1 Å². The number of nitrogens with zero attached hydrogens (tertiary/aromatic N) is 2. The van der Waals surface area contributed by atoms with Crippen molar-refractivity contribution in [1.82, 2.24) is 9.88 Å². The summed E-state index contributed by atoms with van der Waals surface area (Å²) in [6.07, 6.45) is -0.584. The standard InChI is InChI=1S/C16H20N2O4/c1-16(2,3)22-10-8-12(18(9-10)15(19)20)14-17-11-6-4-5-7-13(11)21-14/h4-7,10,12H,8-9H2,1-3H3,(H,19,20)/t10-,12+/m1/s1. The first kappa shape index (κ1) is 14.8. The number of hydrogen-bond donors (Lipinski definition) is 1. The van der Waals surface area contributed by atoms with Crippen molar-refractivity contribution in [2.24, 2.45) is 0 Å². The van der Waals surface area contributed by atoms with Crippen molar-refractivity contribution in [3.05, 3.63) is 30.2 Å². The maximum absolute atomic E-state index is 11.5. The van der Waals surface area contributed by atoms with Crippen LogP contribution in [0, 0.1) is 0 Å². The number of carboxylic acid groups (broad SMARTS) is 1. The molecule has 22 heavy (non-hydrogen) atoms. The first-order chi connectivity index (χ1) is 10.3. The van der Waals surface area contributed by atoms with Gasteiger partial charge in [-0.25, -0.2) is 9.78 Å². The van der Waals surface area contributed by atoms with E-state index in [1.165, 1.54) is 4.90 Å². The molecule has 1 fully saturated rings. The van der Waals surface area contributed by atoms with Gasteiger partial charge in [0, 0.05) is 6.42 Å². The van der Waals surface area contributed by atoms with Gasteiger partial charge in [0.1, 0.15) is 11.6 Å². The number of carbonyl (C=O) groups is 1. The van der Waals surface area contributed by atoms with Gasteiger partial charge in [-0.05, 0) is 32.9 Å². The van der Waals surface area contributed by atoms with Crippen molar-refractivity contribution >= 4 is 17.2 Å². The number of fused-ring (bicyclic) bond motifs is 1. The molecule has 0 saturated carbocycles. The Bertz CT molecular complexity index is 656. The fourth-order valence-corrected chi connectivity index (χ4v) is 2.86. The number of benzene rings is 1. The molecule has 0 unspecified atom stereocenters. The van der Waals surface area contributed by atoms with E-state index in [-0.39, 0.29) is 11.7 Å². The molecule has 1 N–H and O–H groups in total. The van der Waals surface area contributed by atoms with E-state index in [0.29, 0.717) is 24.4 Å². The van der Waals surface area contributed by atoms with Gasteiger partial charge in [0.2, 0.25) is 5.89 Å². The summed E-state index contributed by atoms with van der Waals surface area (Å²) in [6, 6.07) is 7.02.